The third-order valence-corrected chi connectivity index (χ3v) is 9.52. The lowest BCUT2D eigenvalue weighted by molar-refractivity contribution is -0.242. The SMILES string of the molecule is CCS(=O)(=O)NC[C@@H]1Oc2ccc(NC(=O)OC(C)(C)C(F)(F)F)cc2N(S(=O)(=O)c2cn(C(F)F)nc2C)[C@@H]1C. The van der Waals surface area contributed by atoms with Crippen LogP contribution in [0, 0.1) is 6.92 Å². The zero-order valence-electron chi connectivity index (χ0n) is 22.4. The number of ether oxygens (including phenoxy) is 2. The van der Waals surface area contributed by atoms with E-state index in [0.717, 1.165) is 10.4 Å². The van der Waals surface area contributed by atoms with Gasteiger partial charge in [0.1, 0.15) is 16.7 Å². The monoisotopic (exact) mass is 633 g/mol. The number of nitrogens with zero attached hydrogens (tertiary/aromatic N) is 3. The van der Waals surface area contributed by atoms with Crippen molar-refractivity contribution in [2.24, 2.45) is 0 Å². The third-order valence-electron chi connectivity index (χ3n) is 6.15. The number of alkyl halides is 5. The molecular weight excluding hydrogens is 605 g/mol. The highest BCUT2D eigenvalue weighted by Crippen LogP contribution is 2.42. The van der Waals surface area contributed by atoms with Crippen LogP contribution in [-0.4, -0.2) is 68.9 Å². The second-order valence-corrected chi connectivity index (χ2v) is 13.4. The van der Waals surface area contributed by atoms with Crippen molar-refractivity contribution in [3.05, 3.63) is 30.1 Å². The van der Waals surface area contributed by atoms with Crippen molar-refractivity contribution in [2.75, 3.05) is 21.9 Å². The Balaban J connectivity index is 2.06. The molecule has 0 unspecified atom stereocenters. The highest BCUT2D eigenvalue weighted by atomic mass is 32.2. The van der Waals surface area contributed by atoms with Gasteiger partial charge in [-0.1, -0.05) is 0 Å². The van der Waals surface area contributed by atoms with E-state index in [-0.39, 0.29) is 39.8 Å². The Bertz CT molecular complexity index is 1510. The molecule has 0 spiro atoms. The molecule has 2 heterocycles. The topological polar surface area (TPSA) is 149 Å². The van der Waals surface area contributed by atoms with Gasteiger partial charge in [0.05, 0.1) is 29.4 Å². The van der Waals surface area contributed by atoms with E-state index in [9.17, 15) is 43.6 Å². The number of halogens is 5. The molecule has 1 amide bonds. The molecule has 0 radical (unpaired) electrons. The van der Waals surface area contributed by atoms with Gasteiger partial charge < -0.3 is 9.47 Å². The zero-order chi connectivity index (χ0) is 31.1. The summed E-state index contributed by atoms with van der Waals surface area (Å²) in [5.41, 5.74) is -3.52. The van der Waals surface area contributed by atoms with Gasteiger partial charge in [-0.25, -0.2) is 31.0 Å². The minimum atomic E-state index is -4.89. The second kappa shape index (κ2) is 11.2. The fourth-order valence-corrected chi connectivity index (χ4v) is 6.19. The number of rotatable bonds is 9. The van der Waals surface area contributed by atoms with Crippen LogP contribution < -0.4 is 19.1 Å². The summed E-state index contributed by atoms with van der Waals surface area (Å²) in [7, 11) is -8.41. The average molecular weight is 634 g/mol. The van der Waals surface area contributed by atoms with Gasteiger partial charge in [-0.3, -0.25) is 9.62 Å². The van der Waals surface area contributed by atoms with Crippen molar-refractivity contribution in [3.8, 4) is 5.75 Å². The van der Waals surface area contributed by atoms with Gasteiger partial charge in [0, 0.05) is 12.2 Å². The van der Waals surface area contributed by atoms with Crippen LogP contribution in [0.3, 0.4) is 0 Å². The first-order chi connectivity index (χ1) is 18.7. The molecule has 2 aromatic rings. The molecule has 1 aliphatic rings. The Morgan fingerprint density at radius 1 is 1.20 bits per heavy atom. The quantitative estimate of drug-likeness (QED) is 0.397. The molecule has 2 N–H and O–H groups in total. The number of fused-ring (bicyclic) bond motifs is 1. The lowest BCUT2D eigenvalue weighted by Crippen LogP contribution is -2.54. The van der Waals surface area contributed by atoms with Gasteiger partial charge in [0.25, 0.3) is 10.0 Å². The summed E-state index contributed by atoms with van der Waals surface area (Å²) in [4.78, 5) is 11.6. The van der Waals surface area contributed by atoms with Gasteiger partial charge in [-0.15, -0.1) is 0 Å². The number of aryl methyl sites for hydroxylation is 1. The number of sulfonamides is 2. The highest BCUT2D eigenvalue weighted by Gasteiger charge is 2.51. The minimum absolute atomic E-state index is 0.110. The maximum atomic E-state index is 13.8. The van der Waals surface area contributed by atoms with Crippen LogP contribution in [0.1, 0.15) is 39.9 Å². The van der Waals surface area contributed by atoms with Crippen LogP contribution in [0.2, 0.25) is 0 Å². The Labute approximate surface area is 232 Å². The molecule has 0 fully saturated rings. The van der Waals surface area contributed by atoms with E-state index < -0.39 is 61.5 Å². The highest BCUT2D eigenvalue weighted by molar-refractivity contribution is 7.93. The summed E-state index contributed by atoms with van der Waals surface area (Å²) < 4.78 is 131. The van der Waals surface area contributed by atoms with Crippen molar-refractivity contribution >= 4 is 37.5 Å². The molecule has 19 heteroatoms. The first-order valence-electron chi connectivity index (χ1n) is 11.9. The molecule has 0 bridgehead atoms. The van der Waals surface area contributed by atoms with E-state index in [1.807, 2.05) is 0 Å². The fraction of sp³-hybridized carbons (Fsp3) is 0.545. The van der Waals surface area contributed by atoms with Crippen LogP contribution in [0.15, 0.2) is 29.3 Å². The molecule has 0 saturated carbocycles. The summed E-state index contributed by atoms with van der Waals surface area (Å²) in [6, 6.07) is 2.30. The van der Waals surface area contributed by atoms with Crippen molar-refractivity contribution < 1.29 is 53.1 Å². The normalized spacial score (nSPS) is 18.2. The number of aromatic nitrogens is 2. The average Bonchev–Trinajstić information content (AvgIpc) is 3.24. The van der Waals surface area contributed by atoms with Crippen LogP contribution in [0.25, 0.3) is 0 Å². The van der Waals surface area contributed by atoms with Crippen LogP contribution in [-0.2, 0) is 24.8 Å². The lowest BCUT2D eigenvalue weighted by atomic mass is 10.1. The molecule has 41 heavy (non-hydrogen) atoms. The van der Waals surface area contributed by atoms with Gasteiger partial charge in [0.2, 0.25) is 15.6 Å². The number of carbonyl (C=O) groups excluding carboxylic acids is 1. The van der Waals surface area contributed by atoms with E-state index in [4.69, 9.17) is 4.74 Å². The molecule has 1 aromatic carbocycles. The standard InChI is InChI=1S/C22H28F5N5O7S2/c1-6-40(34,35)28-10-17-13(3)32(41(36,37)18-11-31(19(23)24)30-12(18)2)15-9-14(7-8-16(15)38-17)29-20(33)39-21(4,5)22(25,26)27/h7-9,11,13,17,19,28H,6,10H2,1-5H3,(H,29,33)/t13-,17+/m1/s1. The van der Waals surface area contributed by atoms with Crippen LogP contribution >= 0.6 is 0 Å². The summed E-state index contributed by atoms with van der Waals surface area (Å²) in [5, 5.41) is 5.63. The summed E-state index contributed by atoms with van der Waals surface area (Å²) in [5.74, 6) is -0.379. The van der Waals surface area contributed by atoms with Gasteiger partial charge >= 0.3 is 18.8 Å². The van der Waals surface area contributed by atoms with Crippen molar-refractivity contribution in [1.82, 2.24) is 14.5 Å². The predicted molar refractivity (Wildman–Crippen MR) is 136 cm³/mol. The first-order valence-corrected chi connectivity index (χ1v) is 15.0. The zero-order valence-corrected chi connectivity index (χ0v) is 24.0. The molecule has 1 aromatic heterocycles. The Kier molecular flexibility index (Phi) is 8.86. The van der Waals surface area contributed by atoms with Crippen LogP contribution in [0.4, 0.5) is 38.1 Å². The third kappa shape index (κ3) is 6.83. The van der Waals surface area contributed by atoms with Crippen LogP contribution in [0.5, 0.6) is 5.75 Å². The van der Waals surface area contributed by atoms with Crippen molar-refractivity contribution in [2.45, 2.75) is 70.0 Å². The van der Waals surface area contributed by atoms with E-state index in [1.54, 1.807) is 0 Å². The van der Waals surface area contributed by atoms with E-state index in [0.29, 0.717) is 20.0 Å². The second-order valence-electron chi connectivity index (χ2n) is 9.49. The molecule has 12 nitrogen and oxygen atoms in total. The molecule has 0 saturated heterocycles. The van der Waals surface area contributed by atoms with Gasteiger partial charge in [0.15, 0.2) is 0 Å². The van der Waals surface area contributed by atoms with Crippen molar-refractivity contribution in [1.29, 1.82) is 0 Å². The fourth-order valence-electron chi connectivity index (χ4n) is 3.73. The number of nitrogens with one attached hydrogen (secondary N) is 2. The summed E-state index contributed by atoms with van der Waals surface area (Å²) in [6.45, 7) is 1.72. The van der Waals surface area contributed by atoms with Gasteiger partial charge in [-0.2, -0.15) is 27.1 Å². The predicted octanol–water partition coefficient (Wildman–Crippen LogP) is 3.76. The number of carbonyl (C=O) groups is 1. The largest absolute Gasteiger partial charge is 0.485 e. The number of hydrogen-bond acceptors (Lipinski definition) is 8. The number of benzene rings is 1. The molecule has 0 aliphatic carbocycles. The molecule has 1 aliphatic heterocycles. The molecule has 2 atom stereocenters. The Hall–Kier alpha value is -3.19. The lowest BCUT2D eigenvalue weighted by Gasteiger charge is -2.41. The van der Waals surface area contributed by atoms with Gasteiger partial charge in [-0.05, 0) is 52.8 Å². The summed E-state index contributed by atoms with van der Waals surface area (Å²) in [6.07, 6.45) is -6.86. The number of hydrogen-bond donors (Lipinski definition) is 2. The minimum Gasteiger partial charge on any atom is -0.485 e. The summed E-state index contributed by atoms with van der Waals surface area (Å²) >= 11 is 0. The van der Waals surface area contributed by atoms with Crippen molar-refractivity contribution in [3.63, 3.8) is 0 Å². The molecule has 3 rings (SSSR count). The maximum absolute atomic E-state index is 13.8. The maximum Gasteiger partial charge on any atom is 0.427 e. The first kappa shape index (κ1) is 32.3. The molecule has 230 valence electrons. The van der Waals surface area contributed by atoms with E-state index in [1.165, 1.54) is 32.9 Å². The molecular formula is C22H28F5N5O7S2. The number of amides is 1. The Morgan fingerprint density at radius 2 is 1.83 bits per heavy atom. The van der Waals surface area contributed by atoms with E-state index in [2.05, 4.69) is 19.9 Å². The smallest absolute Gasteiger partial charge is 0.427 e. The Morgan fingerprint density at radius 3 is 2.37 bits per heavy atom. The van der Waals surface area contributed by atoms with E-state index >= 15 is 0 Å². The number of anilines is 2.